The first-order chi connectivity index (χ1) is 13.4. The molecule has 0 unspecified atom stereocenters. The molecular formula is C22H19ClFNO3. The molecule has 28 heavy (non-hydrogen) atoms. The van der Waals surface area contributed by atoms with Gasteiger partial charge in [0.05, 0.1) is 10.6 Å². The second-order valence-corrected chi connectivity index (χ2v) is 6.73. The molecule has 0 aliphatic carbocycles. The SMILES string of the molecule is Cc1cc(C(=O)O)ccc1NCc1ccccc1OCc1ccc(F)cc1Cl. The van der Waals surface area contributed by atoms with Crippen LogP contribution in [0.1, 0.15) is 27.0 Å². The predicted octanol–water partition coefficient (Wildman–Crippen LogP) is 5.68. The van der Waals surface area contributed by atoms with Gasteiger partial charge in [0.1, 0.15) is 18.2 Å². The van der Waals surface area contributed by atoms with Gasteiger partial charge < -0.3 is 15.2 Å². The molecule has 0 saturated carbocycles. The third-order valence-electron chi connectivity index (χ3n) is 4.31. The van der Waals surface area contributed by atoms with E-state index in [2.05, 4.69) is 5.32 Å². The highest BCUT2D eigenvalue weighted by atomic mass is 35.5. The smallest absolute Gasteiger partial charge is 0.335 e. The van der Waals surface area contributed by atoms with Crippen LogP contribution in [-0.2, 0) is 13.2 Å². The van der Waals surface area contributed by atoms with E-state index in [4.69, 9.17) is 21.4 Å². The highest BCUT2D eigenvalue weighted by molar-refractivity contribution is 6.31. The van der Waals surface area contributed by atoms with E-state index in [0.29, 0.717) is 22.9 Å². The molecule has 0 aliphatic heterocycles. The van der Waals surface area contributed by atoms with E-state index >= 15 is 0 Å². The maximum Gasteiger partial charge on any atom is 0.335 e. The van der Waals surface area contributed by atoms with E-state index in [-0.39, 0.29) is 18.0 Å². The van der Waals surface area contributed by atoms with Gasteiger partial charge in [0.25, 0.3) is 0 Å². The Morgan fingerprint density at radius 1 is 1.11 bits per heavy atom. The Balaban J connectivity index is 1.69. The van der Waals surface area contributed by atoms with Crippen molar-refractivity contribution in [1.82, 2.24) is 0 Å². The van der Waals surface area contributed by atoms with Crippen LogP contribution in [0.3, 0.4) is 0 Å². The van der Waals surface area contributed by atoms with Gasteiger partial charge in [-0.25, -0.2) is 9.18 Å². The molecule has 0 bridgehead atoms. The molecule has 0 fully saturated rings. The summed E-state index contributed by atoms with van der Waals surface area (Å²) in [5.74, 6) is -0.648. The molecule has 0 amide bonds. The minimum atomic E-state index is -0.951. The molecule has 4 nitrogen and oxygen atoms in total. The fourth-order valence-electron chi connectivity index (χ4n) is 2.77. The van der Waals surface area contributed by atoms with Gasteiger partial charge >= 0.3 is 5.97 Å². The van der Waals surface area contributed by atoms with Crippen molar-refractivity contribution >= 4 is 23.3 Å². The van der Waals surface area contributed by atoms with E-state index < -0.39 is 5.97 Å². The fourth-order valence-corrected chi connectivity index (χ4v) is 2.99. The lowest BCUT2D eigenvalue weighted by molar-refractivity contribution is 0.0697. The molecule has 144 valence electrons. The molecule has 6 heteroatoms. The number of anilines is 1. The van der Waals surface area contributed by atoms with E-state index in [1.807, 2.05) is 31.2 Å². The van der Waals surface area contributed by atoms with Crippen LogP contribution in [-0.4, -0.2) is 11.1 Å². The minimum Gasteiger partial charge on any atom is -0.488 e. The Kier molecular flexibility index (Phi) is 6.16. The number of para-hydroxylation sites is 1. The van der Waals surface area contributed by atoms with Crippen LogP contribution in [0.15, 0.2) is 60.7 Å². The minimum absolute atomic E-state index is 0.225. The number of aromatic carboxylic acids is 1. The van der Waals surface area contributed by atoms with Crippen LogP contribution in [0, 0.1) is 12.7 Å². The number of carboxylic acids is 1. The highest BCUT2D eigenvalue weighted by Crippen LogP contribution is 2.24. The van der Waals surface area contributed by atoms with Crippen molar-refractivity contribution in [2.24, 2.45) is 0 Å². The molecule has 3 aromatic rings. The third-order valence-corrected chi connectivity index (χ3v) is 4.67. The second kappa shape index (κ2) is 8.76. The van der Waals surface area contributed by atoms with Gasteiger partial charge in [-0.05, 0) is 48.9 Å². The normalized spacial score (nSPS) is 10.5. The predicted molar refractivity (Wildman–Crippen MR) is 108 cm³/mol. The Labute approximate surface area is 167 Å². The molecule has 0 saturated heterocycles. The third kappa shape index (κ3) is 4.81. The van der Waals surface area contributed by atoms with E-state index in [1.165, 1.54) is 12.1 Å². The lowest BCUT2D eigenvalue weighted by Crippen LogP contribution is -2.05. The molecule has 0 aliphatic rings. The van der Waals surface area contributed by atoms with E-state index in [0.717, 1.165) is 16.8 Å². The number of rotatable bonds is 7. The molecule has 0 heterocycles. The van der Waals surface area contributed by atoms with Crippen molar-refractivity contribution in [2.75, 3.05) is 5.32 Å². The van der Waals surface area contributed by atoms with Crippen molar-refractivity contribution in [3.8, 4) is 5.75 Å². The van der Waals surface area contributed by atoms with Crippen molar-refractivity contribution in [3.63, 3.8) is 0 Å². The van der Waals surface area contributed by atoms with E-state index in [1.54, 1.807) is 24.3 Å². The van der Waals surface area contributed by atoms with Gasteiger partial charge in [-0.3, -0.25) is 0 Å². The number of carbonyl (C=O) groups is 1. The second-order valence-electron chi connectivity index (χ2n) is 6.32. The van der Waals surface area contributed by atoms with Gasteiger partial charge in [-0.15, -0.1) is 0 Å². The van der Waals surface area contributed by atoms with Crippen molar-refractivity contribution in [3.05, 3.63) is 93.8 Å². The lowest BCUT2D eigenvalue weighted by atomic mass is 10.1. The van der Waals surface area contributed by atoms with Crippen molar-refractivity contribution < 1.29 is 19.0 Å². The van der Waals surface area contributed by atoms with Crippen LogP contribution in [0.2, 0.25) is 5.02 Å². The monoisotopic (exact) mass is 399 g/mol. The van der Waals surface area contributed by atoms with Crippen LogP contribution < -0.4 is 10.1 Å². The first-order valence-electron chi connectivity index (χ1n) is 8.66. The summed E-state index contributed by atoms with van der Waals surface area (Å²) in [4.78, 5) is 11.1. The number of aryl methyl sites for hydroxylation is 1. The zero-order valence-electron chi connectivity index (χ0n) is 15.2. The summed E-state index contributed by atoms with van der Waals surface area (Å²) < 4.78 is 19.1. The largest absolute Gasteiger partial charge is 0.488 e. The molecule has 0 radical (unpaired) electrons. The zero-order chi connectivity index (χ0) is 20.1. The van der Waals surface area contributed by atoms with Gasteiger partial charge in [0, 0.05) is 23.4 Å². The molecule has 0 spiro atoms. The van der Waals surface area contributed by atoms with Gasteiger partial charge in [-0.1, -0.05) is 35.9 Å². The standard InChI is InChI=1S/C22H19ClFNO3/c1-14-10-15(22(26)27)7-9-20(14)25-12-16-4-2-3-5-21(16)28-13-17-6-8-18(24)11-19(17)23/h2-11,25H,12-13H2,1H3,(H,26,27). The maximum absolute atomic E-state index is 13.2. The summed E-state index contributed by atoms with van der Waals surface area (Å²) >= 11 is 6.06. The van der Waals surface area contributed by atoms with Crippen molar-refractivity contribution in [1.29, 1.82) is 0 Å². The van der Waals surface area contributed by atoms with E-state index in [9.17, 15) is 9.18 Å². The Bertz CT molecular complexity index is 1010. The van der Waals surface area contributed by atoms with Crippen LogP contribution in [0.4, 0.5) is 10.1 Å². The number of hydrogen-bond donors (Lipinski definition) is 2. The van der Waals surface area contributed by atoms with Crippen LogP contribution >= 0.6 is 11.6 Å². The summed E-state index contributed by atoms with van der Waals surface area (Å²) in [5.41, 5.74) is 3.58. The van der Waals surface area contributed by atoms with Gasteiger partial charge in [0.2, 0.25) is 0 Å². The number of nitrogens with one attached hydrogen (secondary N) is 1. The first-order valence-corrected chi connectivity index (χ1v) is 9.04. The number of hydrogen-bond acceptors (Lipinski definition) is 3. The van der Waals surface area contributed by atoms with Crippen LogP contribution in [0.25, 0.3) is 0 Å². The Hall–Kier alpha value is -3.05. The maximum atomic E-state index is 13.2. The first kappa shape index (κ1) is 19.7. The number of ether oxygens (including phenoxy) is 1. The summed E-state index contributed by atoms with van der Waals surface area (Å²) in [7, 11) is 0. The lowest BCUT2D eigenvalue weighted by Gasteiger charge is -2.15. The highest BCUT2D eigenvalue weighted by Gasteiger charge is 2.09. The average molecular weight is 400 g/mol. The molecule has 0 atom stereocenters. The fraction of sp³-hybridized carbons (Fsp3) is 0.136. The van der Waals surface area contributed by atoms with Gasteiger partial charge in [0.15, 0.2) is 0 Å². The molecular weight excluding hydrogens is 381 g/mol. The summed E-state index contributed by atoms with van der Waals surface area (Å²) in [6.45, 7) is 2.58. The average Bonchev–Trinajstić information content (AvgIpc) is 2.67. The summed E-state index contributed by atoms with van der Waals surface area (Å²) in [6, 6.07) is 16.7. The topological polar surface area (TPSA) is 58.6 Å². The van der Waals surface area contributed by atoms with Crippen molar-refractivity contribution in [2.45, 2.75) is 20.1 Å². The zero-order valence-corrected chi connectivity index (χ0v) is 16.0. The quantitative estimate of drug-likeness (QED) is 0.536. The molecule has 3 rings (SSSR count). The van der Waals surface area contributed by atoms with Gasteiger partial charge in [-0.2, -0.15) is 0 Å². The summed E-state index contributed by atoms with van der Waals surface area (Å²) in [6.07, 6.45) is 0. The number of carboxylic acid groups (broad SMARTS) is 1. The molecule has 2 N–H and O–H groups in total. The Morgan fingerprint density at radius 2 is 1.89 bits per heavy atom. The molecule has 3 aromatic carbocycles. The Morgan fingerprint density at radius 3 is 2.61 bits per heavy atom. The number of halogens is 2. The van der Waals surface area contributed by atoms with Crippen LogP contribution in [0.5, 0.6) is 5.75 Å². The molecule has 0 aromatic heterocycles. The number of benzene rings is 3. The summed E-state index contributed by atoms with van der Waals surface area (Å²) in [5, 5.41) is 12.7.